The van der Waals surface area contributed by atoms with Gasteiger partial charge in [-0.2, -0.15) is 0 Å². The average Bonchev–Trinajstić information content (AvgIpc) is 2.27. The van der Waals surface area contributed by atoms with Crippen LogP contribution in [-0.4, -0.2) is 30.9 Å². The summed E-state index contributed by atoms with van der Waals surface area (Å²) in [7, 11) is 3.25. The van der Waals surface area contributed by atoms with Gasteiger partial charge in [0.2, 0.25) is 0 Å². The molecule has 0 saturated heterocycles. The lowest BCUT2D eigenvalue weighted by molar-refractivity contribution is -0.116. The lowest BCUT2D eigenvalue weighted by atomic mass is 10.1. The second-order valence-electron chi connectivity index (χ2n) is 4.07. The number of hydrogen-bond donors (Lipinski definition) is 0. The Morgan fingerprint density at radius 2 is 1.88 bits per heavy atom. The fourth-order valence-electron chi connectivity index (χ4n) is 1.31. The highest BCUT2D eigenvalue weighted by molar-refractivity contribution is 5.76. The fraction of sp³-hybridized carbons (Fsp3) is 0.385. The summed E-state index contributed by atoms with van der Waals surface area (Å²) in [6.07, 6.45) is 0.628. The molecule has 0 spiro atoms. The van der Waals surface area contributed by atoms with Crippen LogP contribution in [0.3, 0.4) is 0 Å². The van der Waals surface area contributed by atoms with E-state index in [1.165, 1.54) is 4.90 Å². The van der Waals surface area contributed by atoms with E-state index >= 15 is 0 Å². The Kier molecular flexibility index (Phi) is 4.69. The maximum Gasteiger partial charge on any atom is 0.414 e. The first-order valence-corrected chi connectivity index (χ1v) is 5.47. The number of benzene rings is 1. The van der Waals surface area contributed by atoms with E-state index in [1.807, 2.05) is 12.1 Å². The van der Waals surface area contributed by atoms with Crippen LogP contribution in [0.5, 0.6) is 5.75 Å². The van der Waals surface area contributed by atoms with Crippen molar-refractivity contribution in [3.8, 4) is 5.75 Å². The number of nitrogens with zero attached hydrogens (tertiary/aromatic N) is 1. The summed E-state index contributed by atoms with van der Waals surface area (Å²) in [5.74, 6) is 0.645. The quantitative estimate of drug-likeness (QED) is 0.804. The molecule has 1 amide bonds. The third-order valence-electron chi connectivity index (χ3n) is 2.28. The molecule has 4 nitrogen and oxygen atoms in total. The average molecular weight is 235 g/mol. The van der Waals surface area contributed by atoms with Crippen LogP contribution in [0.25, 0.3) is 0 Å². The molecule has 17 heavy (non-hydrogen) atoms. The standard InChI is InChI=1S/C13H17NO3/c1-10(15)8-9-11-6-4-5-7-12(11)17-13(16)14(2)3/h4-7H,8-9H2,1-3H3. The van der Waals surface area contributed by atoms with Gasteiger partial charge in [-0.3, -0.25) is 0 Å². The van der Waals surface area contributed by atoms with Crippen LogP contribution in [0.1, 0.15) is 18.9 Å². The van der Waals surface area contributed by atoms with Crippen LogP contribution in [-0.2, 0) is 11.2 Å². The molecule has 0 heterocycles. The van der Waals surface area contributed by atoms with E-state index < -0.39 is 6.09 Å². The molecule has 1 aromatic rings. The third kappa shape index (κ3) is 4.26. The zero-order valence-electron chi connectivity index (χ0n) is 10.4. The Morgan fingerprint density at radius 1 is 1.24 bits per heavy atom. The van der Waals surface area contributed by atoms with E-state index in [1.54, 1.807) is 33.2 Å². The minimum atomic E-state index is -0.416. The van der Waals surface area contributed by atoms with Gasteiger partial charge in [0, 0.05) is 20.5 Å². The molecule has 1 rings (SSSR count). The predicted molar refractivity (Wildman–Crippen MR) is 65.2 cm³/mol. The van der Waals surface area contributed by atoms with Gasteiger partial charge in [-0.15, -0.1) is 0 Å². The molecular formula is C13H17NO3. The van der Waals surface area contributed by atoms with Gasteiger partial charge in [-0.25, -0.2) is 4.79 Å². The summed E-state index contributed by atoms with van der Waals surface area (Å²) in [5, 5.41) is 0. The molecule has 0 fully saturated rings. The molecule has 1 aromatic carbocycles. The Morgan fingerprint density at radius 3 is 2.47 bits per heavy atom. The Hall–Kier alpha value is -1.84. The molecule has 0 aliphatic rings. The summed E-state index contributed by atoms with van der Waals surface area (Å²) >= 11 is 0. The first-order chi connectivity index (χ1) is 8.00. The highest BCUT2D eigenvalue weighted by Gasteiger charge is 2.10. The van der Waals surface area contributed by atoms with Gasteiger partial charge < -0.3 is 14.4 Å². The first-order valence-electron chi connectivity index (χ1n) is 5.47. The minimum absolute atomic E-state index is 0.124. The lowest BCUT2D eigenvalue weighted by Crippen LogP contribution is -2.25. The first kappa shape index (κ1) is 13.2. The zero-order chi connectivity index (χ0) is 12.8. The molecule has 92 valence electrons. The van der Waals surface area contributed by atoms with Crippen molar-refractivity contribution in [3.63, 3.8) is 0 Å². The van der Waals surface area contributed by atoms with Crippen molar-refractivity contribution in [2.24, 2.45) is 0 Å². The smallest absolute Gasteiger partial charge is 0.410 e. The van der Waals surface area contributed by atoms with Crippen molar-refractivity contribution in [1.82, 2.24) is 4.90 Å². The molecule has 0 aromatic heterocycles. The van der Waals surface area contributed by atoms with Crippen LogP contribution in [0.4, 0.5) is 4.79 Å². The predicted octanol–water partition coefficient (Wildman–Crippen LogP) is 2.27. The highest BCUT2D eigenvalue weighted by Crippen LogP contribution is 2.20. The molecule has 0 aliphatic heterocycles. The summed E-state index contributed by atoms with van der Waals surface area (Å²) in [6, 6.07) is 7.26. The molecule has 4 heteroatoms. The van der Waals surface area contributed by atoms with Gasteiger partial charge in [-0.05, 0) is 25.0 Å². The van der Waals surface area contributed by atoms with Crippen molar-refractivity contribution in [1.29, 1.82) is 0 Å². The number of ketones is 1. The number of para-hydroxylation sites is 1. The van der Waals surface area contributed by atoms with Crippen LogP contribution >= 0.6 is 0 Å². The Balaban J connectivity index is 2.77. The summed E-state index contributed by atoms with van der Waals surface area (Å²) < 4.78 is 5.21. The zero-order valence-corrected chi connectivity index (χ0v) is 10.4. The van der Waals surface area contributed by atoms with E-state index in [0.717, 1.165) is 5.56 Å². The molecular weight excluding hydrogens is 218 g/mol. The van der Waals surface area contributed by atoms with E-state index in [9.17, 15) is 9.59 Å². The molecule has 0 radical (unpaired) electrons. The minimum Gasteiger partial charge on any atom is -0.410 e. The highest BCUT2D eigenvalue weighted by atomic mass is 16.6. The van der Waals surface area contributed by atoms with Crippen LogP contribution in [0.2, 0.25) is 0 Å². The van der Waals surface area contributed by atoms with Crippen molar-refractivity contribution >= 4 is 11.9 Å². The summed E-state index contributed by atoms with van der Waals surface area (Å²) in [6.45, 7) is 1.55. The number of aryl methyl sites for hydroxylation is 1. The van der Waals surface area contributed by atoms with Gasteiger partial charge in [0.1, 0.15) is 11.5 Å². The number of rotatable bonds is 4. The third-order valence-corrected chi connectivity index (χ3v) is 2.28. The van der Waals surface area contributed by atoms with Crippen LogP contribution in [0, 0.1) is 0 Å². The van der Waals surface area contributed by atoms with E-state index in [0.29, 0.717) is 18.6 Å². The maximum absolute atomic E-state index is 11.4. The van der Waals surface area contributed by atoms with Gasteiger partial charge in [-0.1, -0.05) is 18.2 Å². The normalized spacial score (nSPS) is 9.82. The Labute approximate surface area is 101 Å². The van der Waals surface area contributed by atoms with Gasteiger partial charge in [0.05, 0.1) is 0 Å². The molecule has 0 unspecified atom stereocenters. The van der Waals surface area contributed by atoms with Gasteiger partial charge in [0.15, 0.2) is 0 Å². The van der Waals surface area contributed by atoms with Gasteiger partial charge in [0.25, 0.3) is 0 Å². The van der Waals surface area contributed by atoms with Crippen LogP contribution < -0.4 is 4.74 Å². The summed E-state index contributed by atoms with van der Waals surface area (Å²) in [4.78, 5) is 23.7. The van der Waals surface area contributed by atoms with Gasteiger partial charge >= 0.3 is 6.09 Å². The number of hydrogen-bond acceptors (Lipinski definition) is 3. The van der Waals surface area contributed by atoms with E-state index in [-0.39, 0.29) is 5.78 Å². The largest absolute Gasteiger partial charge is 0.414 e. The molecule has 0 saturated carbocycles. The van der Waals surface area contributed by atoms with Crippen molar-refractivity contribution in [2.75, 3.05) is 14.1 Å². The molecule has 0 aliphatic carbocycles. The topological polar surface area (TPSA) is 46.6 Å². The van der Waals surface area contributed by atoms with E-state index in [4.69, 9.17) is 4.74 Å². The molecule has 0 bridgehead atoms. The second kappa shape index (κ2) is 6.03. The van der Waals surface area contributed by atoms with Crippen molar-refractivity contribution in [3.05, 3.63) is 29.8 Å². The van der Waals surface area contributed by atoms with E-state index in [2.05, 4.69) is 0 Å². The van der Waals surface area contributed by atoms with Crippen molar-refractivity contribution in [2.45, 2.75) is 19.8 Å². The maximum atomic E-state index is 11.4. The number of amides is 1. The number of carbonyl (C=O) groups excluding carboxylic acids is 2. The number of ether oxygens (including phenoxy) is 1. The molecule has 0 atom stereocenters. The monoisotopic (exact) mass is 235 g/mol. The summed E-state index contributed by atoms with van der Waals surface area (Å²) in [5.41, 5.74) is 0.873. The SMILES string of the molecule is CC(=O)CCc1ccccc1OC(=O)N(C)C. The number of Topliss-reactive ketones (excluding diaryl/α,β-unsaturated/α-hetero) is 1. The van der Waals surface area contributed by atoms with Crippen LogP contribution in [0.15, 0.2) is 24.3 Å². The second-order valence-corrected chi connectivity index (χ2v) is 4.07. The Bertz CT molecular complexity index is 413. The number of carbonyl (C=O) groups is 2. The molecule has 0 N–H and O–H groups in total. The lowest BCUT2D eigenvalue weighted by Gasteiger charge is -2.13. The fourth-order valence-corrected chi connectivity index (χ4v) is 1.31. The van der Waals surface area contributed by atoms with Crippen molar-refractivity contribution < 1.29 is 14.3 Å².